The number of nitrogens with one attached hydrogen (secondary N) is 1. The molecule has 23 heavy (non-hydrogen) atoms. The maximum Gasteiger partial charge on any atom is 0.311 e. The number of carbonyl (C=O) groups excluding carboxylic acids is 1. The molecule has 116 valence electrons. The Morgan fingerprint density at radius 1 is 1.09 bits per heavy atom. The first-order valence-corrected chi connectivity index (χ1v) is 7.45. The van der Waals surface area contributed by atoms with Gasteiger partial charge in [0.05, 0.1) is 5.92 Å². The summed E-state index contributed by atoms with van der Waals surface area (Å²) in [5.74, 6) is -2.02. The highest BCUT2D eigenvalue weighted by Crippen LogP contribution is 2.29. The number of aromatic amines is 1. The largest absolute Gasteiger partial charge is 0.481 e. The van der Waals surface area contributed by atoms with Gasteiger partial charge in [0.2, 0.25) is 0 Å². The Labute approximate surface area is 133 Å². The van der Waals surface area contributed by atoms with Crippen molar-refractivity contribution >= 4 is 22.7 Å². The van der Waals surface area contributed by atoms with Crippen LogP contribution in [0.3, 0.4) is 0 Å². The standard InChI is InChI=1S/C19H17NO3/c1-12-6-8-13(9-7-12)18(21)10-15(19(22)23)16-11-20-17-5-3-2-4-14(16)17/h2-9,11,15,20H,10H2,1H3,(H,22,23)/t15-/m0/s1. The van der Waals surface area contributed by atoms with Gasteiger partial charge in [0.15, 0.2) is 5.78 Å². The van der Waals surface area contributed by atoms with Crippen molar-refractivity contribution in [2.45, 2.75) is 19.3 Å². The van der Waals surface area contributed by atoms with Crippen LogP contribution < -0.4 is 0 Å². The van der Waals surface area contributed by atoms with E-state index in [1.165, 1.54) is 0 Å². The zero-order valence-electron chi connectivity index (χ0n) is 12.7. The van der Waals surface area contributed by atoms with E-state index in [-0.39, 0.29) is 12.2 Å². The number of ketones is 1. The predicted octanol–water partition coefficient (Wildman–Crippen LogP) is 3.92. The fraction of sp³-hybridized carbons (Fsp3) is 0.158. The topological polar surface area (TPSA) is 70.2 Å². The molecular weight excluding hydrogens is 290 g/mol. The number of para-hydroxylation sites is 1. The monoisotopic (exact) mass is 307 g/mol. The van der Waals surface area contributed by atoms with E-state index in [4.69, 9.17) is 0 Å². The van der Waals surface area contributed by atoms with Gasteiger partial charge in [-0.15, -0.1) is 0 Å². The maximum atomic E-state index is 12.4. The summed E-state index contributed by atoms with van der Waals surface area (Å²) in [6.45, 7) is 1.94. The number of hydrogen-bond acceptors (Lipinski definition) is 2. The van der Waals surface area contributed by atoms with Gasteiger partial charge in [-0.25, -0.2) is 0 Å². The van der Waals surface area contributed by atoms with Crippen LogP contribution in [0.15, 0.2) is 54.7 Å². The van der Waals surface area contributed by atoms with Gasteiger partial charge in [-0.05, 0) is 18.6 Å². The zero-order valence-corrected chi connectivity index (χ0v) is 12.7. The van der Waals surface area contributed by atoms with Crippen molar-refractivity contribution in [2.24, 2.45) is 0 Å². The lowest BCUT2D eigenvalue weighted by atomic mass is 9.91. The molecule has 2 aromatic carbocycles. The third-order valence-corrected chi connectivity index (χ3v) is 4.06. The second kappa shape index (κ2) is 6.08. The van der Waals surface area contributed by atoms with Crippen LogP contribution in [0.1, 0.15) is 33.8 Å². The van der Waals surface area contributed by atoms with E-state index in [2.05, 4.69) is 4.98 Å². The van der Waals surface area contributed by atoms with Crippen LogP contribution in [0, 0.1) is 6.92 Å². The molecule has 0 bridgehead atoms. The molecule has 3 aromatic rings. The van der Waals surface area contributed by atoms with Gasteiger partial charge in [-0.2, -0.15) is 0 Å². The maximum absolute atomic E-state index is 12.4. The van der Waals surface area contributed by atoms with Gasteiger partial charge in [0.1, 0.15) is 0 Å². The number of aromatic nitrogens is 1. The quantitative estimate of drug-likeness (QED) is 0.702. The summed E-state index contributed by atoms with van der Waals surface area (Å²) in [6.07, 6.45) is 1.63. The number of H-pyrrole nitrogens is 1. The SMILES string of the molecule is Cc1ccc(C(=O)C[C@H](C(=O)O)c2c[nH]c3ccccc23)cc1. The number of benzene rings is 2. The molecule has 0 aliphatic heterocycles. The van der Waals surface area contributed by atoms with Crippen molar-refractivity contribution in [3.63, 3.8) is 0 Å². The van der Waals surface area contributed by atoms with Crippen molar-refractivity contribution in [1.29, 1.82) is 0 Å². The van der Waals surface area contributed by atoms with Gasteiger partial charge in [0.25, 0.3) is 0 Å². The molecule has 1 heterocycles. The van der Waals surface area contributed by atoms with E-state index in [9.17, 15) is 14.7 Å². The molecule has 0 aliphatic carbocycles. The van der Waals surface area contributed by atoms with Crippen LogP contribution in [-0.4, -0.2) is 21.8 Å². The minimum absolute atomic E-state index is 0.0553. The molecule has 1 atom stereocenters. The fourth-order valence-corrected chi connectivity index (χ4v) is 2.76. The number of rotatable bonds is 5. The molecule has 4 nitrogen and oxygen atoms in total. The minimum Gasteiger partial charge on any atom is -0.481 e. The molecule has 1 aromatic heterocycles. The molecule has 0 aliphatic rings. The summed E-state index contributed by atoms with van der Waals surface area (Å²) in [5.41, 5.74) is 3.12. The number of aryl methyl sites for hydroxylation is 1. The van der Waals surface area contributed by atoms with Gasteiger partial charge in [-0.3, -0.25) is 9.59 Å². The smallest absolute Gasteiger partial charge is 0.311 e. The molecule has 0 amide bonds. The van der Waals surface area contributed by atoms with Gasteiger partial charge < -0.3 is 10.1 Å². The van der Waals surface area contributed by atoms with E-state index in [1.54, 1.807) is 18.3 Å². The van der Waals surface area contributed by atoms with E-state index in [0.717, 1.165) is 16.5 Å². The van der Waals surface area contributed by atoms with Crippen LogP contribution in [0.5, 0.6) is 0 Å². The summed E-state index contributed by atoms with van der Waals surface area (Å²) >= 11 is 0. The normalized spacial score (nSPS) is 12.2. The Morgan fingerprint density at radius 2 is 1.78 bits per heavy atom. The summed E-state index contributed by atoms with van der Waals surface area (Å²) < 4.78 is 0. The Balaban J connectivity index is 1.92. The number of carbonyl (C=O) groups is 2. The number of carboxylic acids is 1. The zero-order chi connectivity index (χ0) is 16.4. The fourth-order valence-electron chi connectivity index (χ4n) is 2.76. The average Bonchev–Trinajstić information content (AvgIpc) is 2.96. The van der Waals surface area contributed by atoms with Crippen molar-refractivity contribution in [3.05, 3.63) is 71.4 Å². The molecule has 0 saturated heterocycles. The highest BCUT2D eigenvalue weighted by Gasteiger charge is 2.26. The molecule has 0 spiro atoms. The third-order valence-electron chi connectivity index (χ3n) is 4.06. The number of carboxylic acid groups (broad SMARTS) is 1. The molecule has 0 unspecified atom stereocenters. The Hall–Kier alpha value is -2.88. The third kappa shape index (κ3) is 3.01. The first kappa shape index (κ1) is 15.0. The summed E-state index contributed by atoms with van der Waals surface area (Å²) in [7, 11) is 0. The second-order valence-electron chi connectivity index (χ2n) is 5.67. The van der Waals surface area contributed by atoms with Crippen molar-refractivity contribution in [1.82, 2.24) is 4.98 Å². The lowest BCUT2D eigenvalue weighted by molar-refractivity contribution is -0.138. The van der Waals surface area contributed by atoms with Gasteiger partial charge in [-0.1, -0.05) is 48.0 Å². The highest BCUT2D eigenvalue weighted by atomic mass is 16.4. The second-order valence-corrected chi connectivity index (χ2v) is 5.67. The van der Waals surface area contributed by atoms with Crippen LogP contribution in [-0.2, 0) is 4.79 Å². The van der Waals surface area contributed by atoms with Gasteiger partial charge >= 0.3 is 5.97 Å². The highest BCUT2D eigenvalue weighted by molar-refractivity contribution is 6.00. The minimum atomic E-state index is -0.991. The number of fused-ring (bicyclic) bond motifs is 1. The van der Waals surface area contributed by atoms with Crippen LogP contribution in [0.4, 0.5) is 0 Å². The van der Waals surface area contributed by atoms with Crippen molar-refractivity contribution in [3.8, 4) is 0 Å². The molecular formula is C19H17NO3. The number of Topliss-reactive ketones (excluding diaryl/α,β-unsaturated/α-hetero) is 1. The van der Waals surface area contributed by atoms with Crippen LogP contribution in [0.2, 0.25) is 0 Å². The summed E-state index contributed by atoms with van der Waals surface area (Å²) in [4.78, 5) is 27.2. The first-order chi connectivity index (χ1) is 11.1. The first-order valence-electron chi connectivity index (χ1n) is 7.45. The van der Waals surface area contributed by atoms with Crippen molar-refractivity contribution < 1.29 is 14.7 Å². The van der Waals surface area contributed by atoms with E-state index < -0.39 is 11.9 Å². The van der Waals surface area contributed by atoms with Crippen molar-refractivity contribution in [2.75, 3.05) is 0 Å². The Kier molecular flexibility index (Phi) is 3.98. The predicted molar refractivity (Wildman–Crippen MR) is 88.8 cm³/mol. The molecule has 4 heteroatoms. The molecule has 0 fully saturated rings. The molecule has 0 radical (unpaired) electrons. The lowest BCUT2D eigenvalue weighted by Crippen LogP contribution is -2.16. The molecule has 0 saturated carbocycles. The average molecular weight is 307 g/mol. The molecule has 3 rings (SSSR count). The van der Waals surface area contributed by atoms with E-state index >= 15 is 0 Å². The molecule has 2 N–H and O–H groups in total. The van der Waals surface area contributed by atoms with Crippen LogP contribution in [0.25, 0.3) is 10.9 Å². The number of aliphatic carboxylic acids is 1. The van der Waals surface area contributed by atoms with E-state index in [0.29, 0.717) is 11.1 Å². The van der Waals surface area contributed by atoms with Gasteiger partial charge in [0, 0.05) is 29.1 Å². The lowest BCUT2D eigenvalue weighted by Gasteiger charge is -2.11. The Morgan fingerprint density at radius 3 is 2.48 bits per heavy atom. The summed E-state index contributed by atoms with van der Waals surface area (Å²) in [5, 5.41) is 10.4. The number of hydrogen-bond donors (Lipinski definition) is 2. The van der Waals surface area contributed by atoms with E-state index in [1.807, 2.05) is 43.3 Å². The summed E-state index contributed by atoms with van der Waals surface area (Å²) in [6, 6.07) is 14.7. The Bertz CT molecular complexity index is 862. The van der Waals surface area contributed by atoms with Crippen LogP contribution >= 0.6 is 0 Å².